The van der Waals surface area contributed by atoms with Crippen molar-refractivity contribution < 1.29 is 27.4 Å². The minimum atomic E-state index is -5.01. The molecule has 1 atom stereocenters. The maximum Gasteiger partial charge on any atom is 0.573 e. The fourth-order valence-corrected chi connectivity index (χ4v) is 2.91. The van der Waals surface area contributed by atoms with E-state index in [0.29, 0.717) is 23.1 Å². The molecule has 11 heteroatoms. The van der Waals surface area contributed by atoms with E-state index in [9.17, 15) is 22.7 Å². The summed E-state index contributed by atoms with van der Waals surface area (Å²) >= 11 is 0. The molecule has 0 amide bonds. The Morgan fingerprint density at radius 3 is 2.41 bits per heavy atom. The molecule has 29 heavy (non-hydrogen) atoms. The lowest BCUT2D eigenvalue weighted by atomic mass is 9.91. The molecule has 2 aromatic heterocycles. The van der Waals surface area contributed by atoms with Crippen LogP contribution in [0.2, 0.25) is 0 Å². The number of benzene rings is 1. The number of aromatic nitrogens is 4. The molecule has 0 bridgehead atoms. The zero-order chi connectivity index (χ0) is 21.6. The molecule has 156 valence electrons. The van der Waals surface area contributed by atoms with Crippen molar-refractivity contribution in [3.05, 3.63) is 47.2 Å². The lowest BCUT2D eigenvalue weighted by Gasteiger charge is -2.31. The van der Waals surface area contributed by atoms with Gasteiger partial charge in [-0.1, -0.05) is 6.07 Å². The molecule has 0 aliphatic carbocycles. The Hall–Kier alpha value is -2.95. The lowest BCUT2D eigenvalue weighted by molar-refractivity contribution is -0.275. The molecule has 0 aliphatic rings. The predicted molar refractivity (Wildman–Crippen MR) is 96.0 cm³/mol. The molecular weight excluding hydrogens is 394 g/mol. The first kappa shape index (κ1) is 20.8. The third kappa shape index (κ3) is 4.73. The Kier molecular flexibility index (Phi) is 5.11. The fourth-order valence-electron chi connectivity index (χ4n) is 2.91. The highest BCUT2D eigenvalue weighted by Crippen LogP contribution is 2.33. The number of nitrogens with zero attached hydrogens (tertiary/aromatic N) is 4. The second-order valence-corrected chi connectivity index (χ2v) is 7.12. The van der Waals surface area contributed by atoms with Gasteiger partial charge in [0, 0.05) is 11.8 Å². The van der Waals surface area contributed by atoms with E-state index in [1.807, 2.05) is 0 Å². The van der Waals surface area contributed by atoms with Gasteiger partial charge in [-0.05, 0) is 45.4 Å². The Balaban J connectivity index is 2.02. The molecule has 0 aliphatic heterocycles. The van der Waals surface area contributed by atoms with Crippen molar-refractivity contribution in [2.24, 2.45) is 0 Å². The minimum absolute atomic E-state index is 0.212. The van der Waals surface area contributed by atoms with Gasteiger partial charge < -0.3 is 15.2 Å². The number of hydrogen-bond donors (Lipinski definition) is 2. The molecule has 2 heterocycles. The van der Waals surface area contributed by atoms with E-state index in [2.05, 4.69) is 25.1 Å². The Labute approximate surface area is 163 Å². The molecule has 0 saturated heterocycles. The first-order chi connectivity index (χ1) is 13.3. The maximum absolute atomic E-state index is 14.2. The van der Waals surface area contributed by atoms with Gasteiger partial charge in [-0.25, -0.2) is 9.37 Å². The molecule has 3 aromatic rings. The monoisotopic (exact) mass is 413 g/mol. The minimum Gasteiger partial charge on any atom is -0.403 e. The average Bonchev–Trinajstić information content (AvgIpc) is 2.92. The zero-order valence-corrected chi connectivity index (χ0v) is 16.0. The van der Waals surface area contributed by atoms with E-state index < -0.39 is 29.6 Å². The number of halogens is 4. The van der Waals surface area contributed by atoms with Crippen molar-refractivity contribution >= 4 is 11.6 Å². The highest BCUT2D eigenvalue weighted by Gasteiger charge is 2.34. The summed E-state index contributed by atoms with van der Waals surface area (Å²) in [7, 11) is 0. The Morgan fingerprint density at radius 1 is 1.14 bits per heavy atom. The first-order valence-electron chi connectivity index (χ1n) is 8.58. The van der Waals surface area contributed by atoms with Crippen LogP contribution < -0.4 is 10.1 Å². The largest absolute Gasteiger partial charge is 0.573 e. The number of nitrogens with one attached hydrogen (secondary N) is 1. The molecule has 1 aromatic carbocycles. The van der Waals surface area contributed by atoms with Crippen LogP contribution in [0.3, 0.4) is 0 Å². The number of alkyl halides is 3. The Morgan fingerprint density at radius 2 is 1.83 bits per heavy atom. The maximum atomic E-state index is 14.2. The van der Waals surface area contributed by atoms with Gasteiger partial charge in [0.1, 0.15) is 11.6 Å². The van der Waals surface area contributed by atoms with Crippen LogP contribution in [0.25, 0.3) is 5.78 Å². The van der Waals surface area contributed by atoms with Crippen LogP contribution in [0.1, 0.15) is 37.0 Å². The molecular formula is C18H19F4N5O2. The molecule has 0 saturated carbocycles. The first-order valence-corrected chi connectivity index (χ1v) is 8.58. The van der Waals surface area contributed by atoms with E-state index in [1.165, 1.54) is 24.4 Å². The van der Waals surface area contributed by atoms with Crippen LogP contribution >= 0.6 is 0 Å². The number of fused-ring (bicyclic) bond motifs is 1. The van der Waals surface area contributed by atoms with Crippen LogP contribution in [0, 0.1) is 19.7 Å². The molecule has 0 spiro atoms. The normalized spacial score (nSPS) is 13.6. The number of hydrogen-bond acceptors (Lipinski definition) is 6. The average molecular weight is 413 g/mol. The van der Waals surface area contributed by atoms with E-state index in [-0.39, 0.29) is 5.56 Å². The molecule has 0 fully saturated rings. The van der Waals surface area contributed by atoms with E-state index >= 15 is 0 Å². The van der Waals surface area contributed by atoms with E-state index in [0.717, 1.165) is 12.1 Å². The fraction of sp³-hybridized carbons (Fsp3) is 0.389. The Bertz CT molecular complexity index is 1040. The summed E-state index contributed by atoms with van der Waals surface area (Å²) in [5.41, 5.74) is -0.580. The number of rotatable bonds is 5. The summed E-state index contributed by atoms with van der Waals surface area (Å²) in [6.45, 7) is 6.41. The van der Waals surface area contributed by atoms with Gasteiger partial charge in [0.2, 0.25) is 0 Å². The topological polar surface area (TPSA) is 84.6 Å². The standard InChI is InChI=1S/C18H19F4N5O2/c1-9-7-14(27-16(23-9)24-10(2)26-27)25-15(17(3,4)28)11-5-6-13(12(19)8-11)29-18(20,21)22/h5-8,15,25,28H,1-4H3. The lowest BCUT2D eigenvalue weighted by Crippen LogP contribution is -2.35. The highest BCUT2D eigenvalue weighted by molar-refractivity contribution is 5.48. The molecule has 0 radical (unpaired) electrons. The van der Waals surface area contributed by atoms with Gasteiger partial charge in [-0.2, -0.15) is 9.50 Å². The van der Waals surface area contributed by atoms with Gasteiger partial charge >= 0.3 is 6.36 Å². The van der Waals surface area contributed by atoms with Crippen molar-refractivity contribution in [3.8, 4) is 5.75 Å². The smallest absolute Gasteiger partial charge is 0.403 e. The number of anilines is 1. The van der Waals surface area contributed by atoms with Gasteiger partial charge in [0.05, 0.1) is 11.6 Å². The van der Waals surface area contributed by atoms with Crippen LogP contribution in [0.15, 0.2) is 24.3 Å². The molecule has 7 nitrogen and oxygen atoms in total. The van der Waals surface area contributed by atoms with Crippen LogP contribution in [-0.4, -0.2) is 36.7 Å². The van der Waals surface area contributed by atoms with Crippen molar-refractivity contribution in [1.82, 2.24) is 19.6 Å². The second-order valence-electron chi connectivity index (χ2n) is 7.12. The zero-order valence-electron chi connectivity index (χ0n) is 16.0. The van der Waals surface area contributed by atoms with Crippen molar-refractivity contribution in [1.29, 1.82) is 0 Å². The SMILES string of the molecule is Cc1cc(NC(c2ccc(OC(F)(F)F)c(F)c2)C(C)(C)O)n2nc(C)nc2n1. The van der Waals surface area contributed by atoms with Crippen LogP contribution in [-0.2, 0) is 0 Å². The van der Waals surface area contributed by atoms with Crippen LogP contribution in [0.4, 0.5) is 23.4 Å². The van der Waals surface area contributed by atoms with Gasteiger partial charge in [0.25, 0.3) is 5.78 Å². The summed E-state index contributed by atoms with van der Waals surface area (Å²) in [6.07, 6.45) is -5.01. The van der Waals surface area contributed by atoms with Crippen LogP contribution in [0.5, 0.6) is 5.75 Å². The number of aryl methyl sites for hydroxylation is 2. The number of ether oxygens (including phenoxy) is 1. The van der Waals surface area contributed by atoms with Crippen molar-refractivity contribution in [2.45, 2.75) is 45.7 Å². The third-order valence-corrected chi connectivity index (χ3v) is 4.06. The van der Waals surface area contributed by atoms with Crippen molar-refractivity contribution in [3.63, 3.8) is 0 Å². The third-order valence-electron chi connectivity index (χ3n) is 4.06. The number of aliphatic hydroxyl groups is 1. The summed E-state index contributed by atoms with van der Waals surface area (Å²) < 4.78 is 56.5. The van der Waals surface area contributed by atoms with E-state index in [1.54, 1.807) is 19.9 Å². The summed E-state index contributed by atoms with van der Waals surface area (Å²) in [5.74, 6) is -0.921. The predicted octanol–water partition coefficient (Wildman–Crippen LogP) is 3.70. The van der Waals surface area contributed by atoms with Crippen molar-refractivity contribution in [2.75, 3.05) is 5.32 Å². The van der Waals surface area contributed by atoms with Gasteiger partial charge in [0.15, 0.2) is 11.6 Å². The van der Waals surface area contributed by atoms with E-state index in [4.69, 9.17) is 0 Å². The highest BCUT2D eigenvalue weighted by atomic mass is 19.4. The molecule has 1 unspecified atom stereocenters. The summed E-state index contributed by atoms with van der Waals surface area (Å²) in [5, 5.41) is 17.9. The summed E-state index contributed by atoms with van der Waals surface area (Å²) in [6, 6.07) is 3.76. The summed E-state index contributed by atoms with van der Waals surface area (Å²) in [4.78, 5) is 8.45. The second kappa shape index (κ2) is 7.14. The molecule has 3 rings (SSSR count). The van der Waals surface area contributed by atoms with Gasteiger partial charge in [-0.3, -0.25) is 0 Å². The quantitative estimate of drug-likeness (QED) is 0.621. The van der Waals surface area contributed by atoms with Gasteiger partial charge in [-0.15, -0.1) is 18.3 Å². The molecule has 2 N–H and O–H groups in total.